The number of rotatable bonds is 3. The van der Waals surface area contributed by atoms with E-state index in [-0.39, 0.29) is 0 Å². The highest BCUT2D eigenvalue weighted by Crippen LogP contribution is 2.18. The molecule has 2 aromatic carbocycles. The second-order valence-electron chi connectivity index (χ2n) is 4.03. The van der Waals surface area contributed by atoms with Gasteiger partial charge in [-0.2, -0.15) is 0 Å². The Labute approximate surface area is 109 Å². The molecule has 90 valence electrons. The van der Waals surface area contributed by atoms with E-state index in [0.29, 0.717) is 0 Å². The second-order valence-corrected chi connectivity index (χ2v) is 4.03. The lowest BCUT2D eigenvalue weighted by molar-refractivity contribution is 0.811. The molecule has 0 unspecified atom stereocenters. The Hall–Kier alpha value is -2.04. The third-order valence-corrected chi connectivity index (χ3v) is 2.69. The van der Waals surface area contributed by atoms with Gasteiger partial charge >= 0.3 is 0 Å². The molecule has 0 saturated heterocycles. The molecule has 0 aliphatic heterocycles. The summed E-state index contributed by atoms with van der Waals surface area (Å²) >= 11 is 0. The van der Waals surface area contributed by atoms with E-state index in [4.69, 9.17) is 0 Å². The zero-order chi connectivity index (χ0) is 12.6. The topological polar surface area (TPSA) is 12.0 Å². The van der Waals surface area contributed by atoms with Crippen molar-refractivity contribution >= 4 is 0 Å². The predicted octanol–water partition coefficient (Wildman–Crippen LogP) is 3.31. The van der Waals surface area contributed by atoms with Gasteiger partial charge in [0.2, 0.25) is 0 Å². The lowest BCUT2D eigenvalue weighted by Crippen LogP contribution is -2.11. The lowest BCUT2D eigenvalue weighted by atomic mass is 10.0. The molecule has 0 spiro atoms. The van der Waals surface area contributed by atoms with Crippen LogP contribution in [0.5, 0.6) is 0 Å². The van der Waals surface area contributed by atoms with E-state index in [2.05, 4.69) is 72.6 Å². The third-order valence-electron chi connectivity index (χ3n) is 2.69. The summed E-state index contributed by atoms with van der Waals surface area (Å²) in [6.07, 6.45) is 0. The molecule has 0 aliphatic rings. The zero-order valence-corrected chi connectivity index (χ0v) is 10.6. The van der Waals surface area contributed by atoms with Crippen molar-refractivity contribution in [2.75, 3.05) is 13.1 Å². The van der Waals surface area contributed by atoms with Crippen molar-refractivity contribution < 1.29 is 0 Å². The largest absolute Gasteiger partial charge is 0.306 e. The first kappa shape index (κ1) is 12.4. The molecule has 0 bridgehead atoms. The summed E-state index contributed by atoms with van der Waals surface area (Å²) in [6, 6.07) is 18.8. The first-order chi connectivity index (χ1) is 8.90. The fourth-order valence-corrected chi connectivity index (χ4v) is 1.71. The van der Waals surface area contributed by atoms with Gasteiger partial charge in [0.05, 0.1) is 6.54 Å². The fraction of sp³-hybridized carbons (Fsp3) is 0.176. The summed E-state index contributed by atoms with van der Waals surface area (Å²) in [5.74, 6) is 6.25. The minimum absolute atomic E-state index is 0.747. The molecule has 1 heteroatoms. The number of nitrogens with one attached hydrogen (secondary N) is 1. The average Bonchev–Trinajstić information content (AvgIpc) is 2.45. The summed E-state index contributed by atoms with van der Waals surface area (Å²) in [7, 11) is 0. The van der Waals surface area contributed by atoms with Gasteiger partial charge in [0.25, 0.3) is 0 Å². The van der Waals surface area contributed by atoms with Gasteiger partial charge in [0, 0.05) is 5.56 Å². The van der Waals surface area contributed by atoms with Gasteiger partial charge in [-0.15, -0.1) is 0 Å². The van der Waals surface area contributed by atoms with Gasteiger partial charge < -0.3 is 5.32 Å². The van der Waals surface area contributed by atoms with Crippen LogP contribution in [0.2, 0.25) is 0 Å². The van der Waals surface area contributed by atoms with Crippen LogP contribution < -0.4 is 5.32 Å². The van der Waals surface area contributed by atoms with Crippen molar-refractivity contribution in [3.05, 3.63) is 60.2 Å². The van der Waals surface area contributed by atoms with E-state index in [9.17, 15) is 0 Å². The first-order valence-corrected chi connectivity index (χ1v) is 6.25. The number of hydrogen-bond acceptors (Lipinski definition) is 1. The maximum Gasteiger partial charge on any atom is 0.0580 e. The van der Waals surface area contributed by atoms with E-state index in [0.717, 1.165) is 18.7 Å². The van der Waals surface area contributed by atoms with Crippen molar-refractivity contribution in [2.45, 2.75) is 6.92 Å². The van der Waals surface area contributed by atoms with Gasteiger partial charge in [0.15, 0.2) is 0 Å². The summed E-state index contributed by atoms with van der Waals surface area (Å²) in [6.45, 7) is 3.79. The minimum Gasteiger partial charge on any atom is -0.306 e. The molecule has 0 atom stereocenters. The van der Waals surface area contributed by atoms with Crippen LogP contribution in [0, 0.1) is 11.8 Å². The molecule has 2 aromatic rings. The first-order valence-electron chi connectivity index (χ1n) is 6.25. The molecule has 0 heterocycles. The summed E-state index contributed by atoms with van der Waals surface area (Å²) in [4.78, 5) is 0. The molecule has 0 radical (unpaired) electrons. The highest BCUT2D eigenvalue weighted by Gasteiger charge is 1.95. The number of hydrogen-bond donors (Lipinski definition) is 1. The Kier molecular flexibility index (Phi) is 4.58. The van der Waals surface area contributed by atoms with Crippen molar-refractivity contribution in [3.8, 4) is 23.0 Å². The van der Waals surface area contributed by atoms with Gasteiger partial charge in [-0.05, 0) is 29.8 Å². The minimum atomic E-state index is 0.747. The van der Waals surface area contributed by atoms with Crippen molar-refractivity contribution in [1.29, 1.82) is 0 Å². The molecular formula is C17H17N. The van der Waals surface area contributed by atoms with E-state index < -0.39 is 0 Å². The third kappa shape index (κ3) is 3.48. The molecule has 1 nitrogen and oxygen atoms in total. The Morgan fingerprint density at radius 2 is 1.56 bits per heavy atom. The summed E-state index contributed by atoms with van der Waals surface area (Å²) in [5.41, 5.74) is 3.53. The quantitative estimate of drug-likeness (QED) is 0.635. The van der Waals surface area contributed by atoms with E-state index in [1.807, 2.05) is 6.07 Å². The van der Waals surface area contributed by atoms with Crippen LogP contribution in [0.25, 0.3) is 11.1 Å². The molecule has 2 rings (SSSR count). The summed E-state index contributed by atoms with van der Waals surface area (Å²) < 4.78 is 0. The fourth-order valence-electron chi connectivity index (χ4n) is 1.71. The van der Waals surface area contributed by atoms with E-state index in [1.165, 1.54) is 11.1 Å². The predicted molar refractivity (Wildman–Crippen MR) is 77.3 cm³/mol. The second kappa shape index (κ2) is 6.64. The van der Waals surface area contributed by atoms with Crippen LogP contribution in [0.4, 0.5) is 0 Å². The smallest absolute Gasteiger partial charge is 0.0580 e. The molecule has 18 heavy (non-hydrogen) atoms. The lowest BCUT2D eigenvalue weighted by Gasteiger charge is -2.00. The Morgan fingerprint density at radius 1 is 0.889 bits per heavy atom. The zero-order valence-electron chi connectivity index (χ0n) is 10.6. The molecule has 0 fully saturated rings. The molecule has 1 N–H and O–H groups in total. The SMILES string of the molecule is CCNCC#Cc1ccc(-c2ccccc2)cc1. The molecular weight excluding hydrogens is 218 g/mol. The highest BCUT2D eigenvalue weighted by molar-refractivity contribution is 5.64. The van der Waals surface area contributed by atoms with Gasteiger partial charge in [-0.1, -0.05) is 61.2 Å². The van der Waals surface area contributed by atoms with Crippen LogP contribution in [0.15, 0.2) is 54.6 Å². The number of benzene rings is 2. The molecule has 0 aromatic heterocycles. The van der Waals surface area contributed by atoms with Crippen LogP contribution in [0.1, 0.15) is 12.5 Å². The Morgan fingerprint density at radius 3 is 2.22 bits per heavy atom. The highest BCUT2D eigenvalue weighted by atomic mass is 14.8. The van der Waals surface area contributed by atoms with Gasteiger partial charge in [-0.25, -0.2) is 0 Å². The standard InChI is InChI=1S/C17H17N/c1-2-18-14-6-7-15-10-12-17(13-11-15)16-8-4-3-5-9-16/h3-5,8-13,18H,2,14H2,1H3. The van der Waals surface area contributed by atoms with Crippen LogP contribution in [0.3, 0.4) is 0 Å². The van der Waals surface area contributed by atoms with Crippen LogP contribution in [-0.4, -0.2) is 13.1 Å². The van der Waals surface area contributed by atoms with E-state index in [1.54, 1.807) is 0 Å². The average molecular weight is 235 g/mol. The maximum atomic E-state index is 3.18. The van der Waals surface area contributed by atoms with Gasteiger partial charge in [0.1, 0.15) is 0 Å². The van der Waals surface area contributed by atoms with Crippen LogP contribution in [-0.2, 0) is 0 Å². The van der Waals surface area contributed by atoms with Gasteiger partial charge in [-0.3, -0.25) is 0 Å². The van der Waals surface area contributed by atoms with Crippen molar-refractivity contribution in [1.82, 2.24) is 5.32 Å². The van der Waals surface area contributed by atoms with Crippen LogP contribution >= 0.6 is 0 Å². The Bertz CT molecular complexity index is 529. The normalized spacial score (nSPS) is 9.61. The van der Waals surface area contributed by atoms with E-state index >= 15 is 0 Å². The monoisotopic (exact) mass is 235 g/mol. The molecule has 0 amide bonds. The Balaban J connectivity index is 2.08. The summed E-state index contributed by atoms with van der Waals surface area (Å²) in [5, 5.41) is 3.18. The molecule has 0 aliphatic carbocycles. The van der Waals surface area contributed by atoms with Crippen molar-refractivity contribution in [2.24, 2.45) is 0 Å². The maximum absolute atomic E-state index is 3.18. The van der Waals surface area contributed by atoms with Crippen molar-refractivity contribution in [3.63, 3.8) is 0 Å². The molecule has 0 saturated carbocycles.